The molecule has 4 heterocycles. The first-order chi connectivity index (χ1) is 16.7. The third kappa shape index (κ3) is 3.90. The highest BCUT2D eigenvalue weighted by atomic mass is 35.5. The number of nitrogens with zero attached hydrogens (tertiary/aromatic N) is 6. The van der Waals surface area contributed by atoms with Gasteiger partial charge >= 0.3 is 0 Å². The van der Waals surface area contributed by atoms with E-state index in [-0.39, 0.29) is 6.10 Å². The van der Waals surface area contributed by atoms with Gasteiger partial charge in [-0.3, -0.25) is 4.98 Å². The zero-order valence-electron chi connectivity index (χ0n) is 20.6. The molecule has 5 rings (SSSR count). The average Bonchev–Trinajstić information content (AvgIpc) is 3.21. The van der Waals surface area contributed by atoms with Crippen molar-refractivity contribution in [1.29, 1.82) is 0 Å². The summed E-state index contributed by atoms with van der Waals surface area (Å²) in [5.74, 6) is 1.34. The molecule has 3 aromatic heterocycles. The summed E-state index contributed by atoms with van der Waals surface area (Å²) in [6.45, 7) is 9.61. The Labute approximate surface area is 209 Å². The number of hydrogen-bond acceptors (Lipinski definition) is 7. The Hall–Kier alpha value is -3.23. The Morgan fingerprint density at radius 1 is 1.11 bits per heavy atom. The molecule has 1 atom stereocenters. The first kappa shape index (κ1) is 23.5. The molecular weight excluding hydrogens is 464 g/mol. The van der Waals surface area contributed by atoms with E-state index < -0.39 is 5.60 Å². The van der Waals surface area contributed by atoms with E-state index in [0.717, 1.165) is 42.2 Å². The van der Waals surface area contributed by atoms with Crippen LogP contribution in [0.5, 0.6) is 5.75 Å². The standard InChI is InChI=1S/C26H29ClN6O2/c1-15(2)35-24-23(27)19-13-18(8-10-21(19)30-25(24)33-11-6-12-33)26(34,22-14-28-31-32(22)5)20-9-7-16(3)29-17(20)4/h7-10,13-15,34H,6,11-12H2,1-5H3/t26-/m0/s1. The number of aliphatic hydroxyl groups is 1. The van der Waals surface area contributed by atoms with Crippen molar-refractivity contribution >= 4 is 28.3 Å². The smallest absolute Gasteiger partial charge is 0.181 e. The fraction of sp³-hybridized carbons (Fsp3) is 0.385. The number of benzene rings is 1. The summed E-state index contributed by atoms with van der Waals surface area (Å²) in [6.07, 6.45) is 2.63. The van der Waals surface area contributed by atoms with Gasteiger partial charge in [-0.2, -0.15) is 0 Å². The number of hydrogen-bond donors (Lipinski definition) is 1. The van der Waals surface area contributed by atoms with E-state index in [0.29, 0.717) is 33.0 Å². The van der Waals surface area contributed by atoms with E-state index in [2.05, 4.69) is 20.2 Å². The molecule has 1 aliphatic heterocycles. The van der Waals surface area contributed by atoms with Crippen LogP contribution in [0.15, 0.2) is 36.5 Å². The minimum atomic E-state index is -1.56. The Balaban J connectivity index is 1.76. The van der Waals surface area contributed by atoms with Crippen molar-refractivity contribution in [3.05, 3.63) is 69.8 Å². The molecule has 4 aromatic rings. The first-order valence-electron chi connectivity index (χ1n) is 11.8. The monoisotopic (exact) mass is 492 g/mol. The Kier molecular flexibility index (Phi) is 5.89. The Morgan fingerprint density at radius 2 is 1.89 bits per heavy atom. The zero-order chi connectivity index (χ0) is 24.9. The molecule has 0 amide bonds. The van der Waals surface area contributed by atoms with Crippen LogP contribution in [0.4, 0.5) is 5.82 Å². The van der Waals surface area contributed by atoms with Gasteiger partial charge in [-0.15, -0.1) is 5.10 Å². The van der Waals surface area contributed by atoms with Crippen molar-refractivity contribution in [2.75, 3.05) is 18.0 Å². The molecule has 0 spiro atoms. The molecule has 8 nitrogen and oxygen atoms in total. The normalized spacial score (nSPS) is 15.4. The highest BCUT2D eigenvalue weighted by Crippen LogP contribution is 2.44. The molecule has 0 aliphatic carbocycles. The number of fused-ring (bicyclic) bond motifs is 1. The summed E-state index contributed by atoms with van der Waals surface area (Å²) >= 11 is 6.98. The average molecular weight is 493 g/mol. The molecule has 0 bridgehead atoms. The lowest BCUT2D eigenvalue weighted by atomic mass is 9.82. The van der Waals surface area contributed by atoms with Crippen LogP contribution in [0.3, 0.4) is 0 Å². The number of rotatable bonds is 6. The van der Waals surface area contributed by atoms with Crippen LogP contribution < -0.4 is 9.64 Å². The molecule has 1 saturated heterocycles. The third-order valence-electron chi connectivity index (χ3n) is 6.49. The fourth-order valence-electron chi connectivity index (χ4n) is 4.63. The molecule has 0 unspecified atom stereocenters. The van der Waals surface area contributed by atoms with E-state index in [1.165, 1.54) is 0 Å². The van der Waals surface area contributed by atoms with Crippen LogP contribution in [0, 0.1) is 13.8 Å². The second-order valence-electron chi connectivity index (χ2n) is 9.36. The lowest BCUT2D eigenvalue weighted by Gasteiger charge is -2.34. The maximum atomic E-state index is 12.4. The SMILES string of the molecule is Cc1ccc([C@@](O)(c2ccc3nc(N4CCC4)c(OC(C)C)c(Cl)c3c2)c2cnnn2C)c(C)n1. The van der Waals surface area contributed by atoms with Gasteiger partial charge in [-0.1, -0.05) is 28.9 Å². The molecular formula is C26H29ClN6O2. The quantitative estimate of drug-likeness (QED) is 0.429. The number of anilines is 1. The summed E-state index contributed by atoms with van der Waals surface area (Å²) in [7, 11) is 1.76. The molecule has 9 heteroatoms. The summed E-state index contributed by atoms with van der Waals surface area (Å²) in [5, 5.41) is 21.7. The maximum Gasteiger partial charge on any atom is 0.181 e. The second-order valence-corrected chi connectivity index (χ2v) is 9.73. The van der Waals surface area contributed by atoms with Crippen LogP contribution >= 0.6 is 11.6 Å². The minimum Gasteiger partial charge on any atom is -0.486 e. The van der Waals surface area contributed by atoms with Crippen molar-refractivity contribution in [2.45, 2.75) is 45.8 Å². The van der Waals surface area contributed by atoms with Crippen LogP contribution in [-0.2, 0) is 12.6 Å². The van der Waals surface area contributed by atoms with Gasteiger partial charge < -0.3 is 14.7 Å². The predicted molar refractivity (Wildman–Crippen MR) is 136 cm³/mol. The highest BCUT2D eigenvalue weighted by molar-refractivity contribution is 6.37. The molecule has 35 heavy (non-hydrogen) atoms. The van der Waals surface area contributed by atoms with Crippen molar-refractivity contribution in [3.63, 3.8) is 0 Å². The summed E-state index contributed by atoms with van der Waals surface area (Å²) < 4.78 is 7.72. The largest absolute Gasteiger partial charge is 0.486 e. The molecule has 1 fully saturated rings. The predicted octanol–water partition coefficient (Wildman–Crippen LogP) is 4.31. The molecule has 0 saturated carbocycles. The summed E-state index contributed by atoms with van der Waals surface area (Å²) in [6, 6.07) is 9.44. The lowest BCUT2D eigenvalue weighted by molar-refractivity contribution is 0.115. The third-order valence-corrected chi connectivity index (χ3v) is 6.86. The van der Waals surface area contributed by atoms with Gasteiger partial charge in [-0.05, 0) is 57.9 Å². The van der Waals surface area contributed by atoms with Crippen LogP contribution in [0.1, 0.15) is 48.5 Å². The first-order valence-corrected chi connectivity index (χ1v) is 12.2. The van der Waals surface area contributed by atoms with Gasteiger partial charge in [0.1, 0.15) is 0 Å². The minimum absolute atomic E-state index is 0.0614. The van der Waals surface area contributed by atoms with Crippen molar-refractivity contribution in [1.82, 2.24) is 25.0 Å². The number of pyridine rings is 2. The number of aryl methyl sites for hydroxylation is 3. The van der Waals surface area contributed by atoms with Gasteiger partial charge in [0.25, 0.3) is 0 Å². The van der Waals surface area contributed by atoms with Gasteiger partial charge in [-0.25, -0.2) is 9.67 Å². The van der Waals surface area contributed by atoms with Crippen LogP contribution in [-0.4, -0.2) is 49.3 Å². The summed E-state index contributed by atoms with van der Waals surface area (Å²) in [5.41, 5.74) is 2.54. The fourth-order valence-corrected chi connectivity index (χ4v) is 4.91. The topological polar surface area (TPSA) is 89.2 Å². The van der Waals surface area contributed by atoms with Gasteiger partial charge in [0.15, 0.2) is 17.2 Å². The zero-order valence-corrected chi connectivity index (χ0v) is 21.3. The van der Waals surface area contributed by atoms with Crippen LogP contribution in [0.2, 0.25) is 5.02 Å². The Bertz CT molecular complexity index is 1410. The lowest BCUT2D eigenvalue weighted by Crippen LogP contribution is -2.38. The van der Waals surface area contributed by atoms with Crippen molar-refractivity contribution in [3.8, 4) is 5.75 Å². The number of ether oxygens (including phenoxy) is 1. The van der Waals surface area contributed by atoms with E-state index in [9.17, 15) is 5.11 Å². The molecule has 1 aliphatic rings. The second kappa shape index (κ2) is 8.77. The van der Waals surface area contributed by atoms with E-state index >= 15 is 0 Å². The molecule has 1 aromatic carbocycles. The molecule has 0 radical (unpaired) electrons. The molecule has 182 valence electrons. The van der Waals surface area contributed by atoms with Gasteiger partial charge in [0, 0.05) is 42.5 Å². The van der Waals surface area contributed by atoms with E-state index in [4.69, 9.17) is 21.3 Å². The van der Waals surface area contributed by atoms with E-state index in [1.54, 1.807) is 17.9 Å². The Morgan fingerprint density at radius 3 is 2.49 bits per heavy atom. The maximum absolute atomic E-state index is 12.4. The van der Waals surface area contributed by atoms with Gasteiger partial charge in [0.05, 0.1) is 28.5 Å². The van der Waals surface area contributed by atoms with Gasteiger partial charge in [0.2, 0.25) is 0 Å². The highest BCUT2D eigenvalue weighted by Gasteiger charge is 2.39. The number of halogens is 1. The van der Waals surface area contributed by atoms with E-state index in [1.807, 2.05) is 58.0 Å². The van der Waals surface area contributed by atoms with Crippen LogP contribution in [0.25, 0.3) is 10.9 Å². The number of aromatic nitrogens is 5. The van der Waals surface area contributed by atoms with Crippen molar-refractivity contribution < 1.29 is 9.84 Å². The summed E-state index contributed by atoms with van der Waals surface area (Å²) in [4.78, 5) is 11.7. The van der Waals surface area contributed by atoms with Crippen molar-refractivity contribution in [2.24, 2.45) is 7.05 Å². The molecule has 1 N–H and O–H groups in total.